The van der Waals surface area contributed by atoms with Gasteiger partial charge in [-0.05, 0) is 50.1 Å². The highest BCUT2D eigenvalue weighted by atomic mass is 35.5. The number of H-pyrrole nitrogens is 1. The number of aromatic nitrogens is 2. The van der Waals surface area contributed by atoms with Crippen molar-refractivity contribution in [2.24, 2.45) is 0 Å². The van der Waals surface area contributed by atoms with Crippen LogP contribution in [0.5, 0.6) is 5.75 Å². The van der Waals surface area contributed by atoms with Crippen LogP contribution >= 0.6 is 23.2 Å². The molecule has 4 rings (SSSR count). The second-order valence-corrected chi connectivity index (χ2v) is 8.42. The molecule has 0 spiro atoms. The molecule has 0 bridgehead atoms. The molecule has 0 unspecified atom stereocenters. The minimum absolute atomic E-state index is 0.155. The Kier molecular flexibility index (Phi) is 6.85. The predicted molar refractivity (Wildman–Crippen MR) is 123 cm³/mol. The standard InChI is InChI=1S/C22H24Cl2N4O3/c23-17-7-6-16(14-18(17)24)31-15-8-12-27(13-9-15)11-3-10-25-21(29)28-20-5-2-1-4-19(20)26-22(28)30/h1-2,4-7,14-15H,3,8-13H2,(H,25,29)(H,26,30). The van der Waals surface area contributed by atoms with E-state index in [2.05, 4.69) is 15.2 Å². The second-order valence-electron chi connectivity index (χ2n) is 7.60. The number of piperidine rings is 1. The molecule has 0 radical (unpaired) electrons. The Balaban J connectivity index is 1.19. The van der Waals surface area contributed by atoms with E-state index in [1.807, 2.05) is 12.1 Å². The van der Waals surface area contributed by atoms with Gasteiger partial charge in [0.1, 0.15) is 11.9 Å². The lowest BCUT2D eigenvalue weighted by Gasteiger charge is -2.32. The first-order valence-corrected chi connectivity index (χ1v) is 11.1. The van der Waals surface area contributed by atoms with E-state index in [4.69, 9.17) is 27.9 Å². The van der Waals surface area contributed by atoms with Crippen LogP contribution in [0.15, 0.2) is 47.3 Å². The van der Waals surface area contributed by atoms with Gasteiger partial charge < -0.3 is 19.9 Å². The zero-order chi connectivity index (χ0) is 21.8. The average molecular weight is 463 g/mol. The lowest BCUT2D eigenvalue weighted by molar-refractivity contribution is 0.100. The maximum absolute atomic E-state index is 12.4. The molecular weight excluding hydrogens is 439 g/mol. The topological polar surface area (TPSA) is 79.4 Å². The third kappa shape index (κ3) is 5.23. The monoisotopic (exact) mass is 462 g/mol. The molecule has 1 aromatic heterocycles. The summed E-state index contributed by atoms with van der Waals surface area (Å²) in [6, 6.07) is 12.1. The van der Waals surface area contributed by atoms with Crippen LogP contribution < -0.4 is 15.7 Å². The van der Waals surface area contributed by atoms with Gasteiger partial charge >= 0.3 is 11.7 Å². The first-order valence-electron chi connectivity index (χ1n) is 10.3. The van der Waals surface area contributed by atoms with Crippen molar-refractivity contribution in [2.75, 3.05) is 26.2 Å². The number of benzene rings is 2. The van der Waals surface area contributed by atoms with E-state index in [1.165, 1.54) is 0 Å². The van der Waals surface area contributed by atoms with Crippen molar-refractivity contribution >= 4 is 40.3 Å². The van der Waals surface area contributed by atoms with Crippen molar-refractivity contribution in [2.45, 2.75) is 25.4 Å². The third-order valence-corrected chi connectivity index (χ3v) is 6.19. The zero-order valence-corrected chi connectivity index (χ0v) is 18.5. The van der Waals surface area contributed by atoms with Gasteiger partial charge in [-0.3, -0.25) is 0 Å². The number of aromatic amines is 1. The van der Waals surface area contributed by atoms with E-state index in [1.54, 1.807) is 30.3 Å². The Bertz CT molecular complexity index is 1120. The maximum atomic E-state index is 12.4. The molecule has 2 aromatic carbocycles. The van der Waals surface area contributed by atoms with Gasteiger partial charge in [0.05, 0.1) is 21.1 Å². The molecule has 0 aliphatic carbocycles. The number of fused-ring (bicyclic) bond motifs is 1. The van der Waals surface area contributed by atoms with Crippen LogP contribution in [0.3, 0.4) is 0 Å². The summed E-state index contributed by atoms with van der Waals surface area (Å²) < 4.78 is 7.16. The smallest absolute Gasteiger partial charge is 0.334 e. The number of ether oxygens (including phenoxy) is 1. The Labute approximate surface area is 189 Å². The molecule has 3 aromatic rings. The Morgan fingerprint density at radius 3 is 2.68 bits per heavy atom. The normalized spacial score (nSPS) is 15.3. The minimum Gasteiger partial charge on any atom is -0.490 e. The van der Waals surface area contributed by atoms with E-state index in [9.17, 15) is 9.59 Å². The van der Waals surface area contributed by atoms with Crippen molar-refractivity contribution < 1.29 is 9.53 Å². The van der Waals surface area contributed by atoms with Crippen LogP contribution in [0, 0.1) is 0 Å². The Hall–Kier alpha value is -2.48. The molecule has 164 valence electrons. The fraction of sp³-hybridized carbons (Fsp3) is 0.364. The molecule has 1 fully saturated rings. The highest BCUT2D eigenvalue weighted by Crippen LogP contribution is 2.28. The zero-order valence-electron chi connectivity index (χ0n) is 16.9. The fourth-order valence-corrected chi connectivity index (χ4v) is 4.11. The summed E-state index contributed by atoms with van der Waals surface area (Å²) in [7, 11) is 0. The molecule has 7 nitrogen and oxygen atoms in total. The minimum atomic E-state index is -0.428. The van der Waals surface area contributed by atoms with Crippen molar-refractivity contribution in [3.63, 3.8) is 0 Å². The van der Waals surface area contributed by atoms with Crippen LogP contribution in [0.1, 0.15) is 19.3 Å². The van der Waals surface area contributed by atoms with Gasteiger partial charge in [0.25, 0.3) is 0 Å². The number of rotatable bonds is 6. The summed E-state index contributed by atoms with van der Waals surface area (Å²) in [4.78, 5) is 29.6. The highest BCUT2D eigenvalue weighted by Gasteiger charge is 2.20. The summed E-state index contributed by atoms with van der Waals surface area (Å²) >= 11 is 12.0. The first kappa shape index (κ1) is 21.7. The highest BCUT2D eigenvalue weighted by molar-refractivity contribution is 6.42. The second kappa shape index (κ2) is 9.77. The van der Waals surface area contributed by atoms with Crippen molar-refractivity contribution in [3.05, 3.63) is 63.0 Å². The Morgan fingerprint density at radius 2 is 1.90 bits per heavy atom. The SMILES string of the molecule is O=C(NCCCN1CCC(Oc2ccc(Cl)c(Cl)c2)CC1)n1c(=O)[nH]c2ccccc21. The quantitative estimate of drug-likeness (QED) is 0.539. The molecular formula is C22H24Cl2N4O3. The van der Waals surface area contributed by atoms with E-state index in [0.29, 0.717) is 27.6 Å². The molecule has 1 amide bonds. The number of likely N-dealkylation sites (tertiary alicyclic amines) is 1. The number of hydrogen-bond acceptors (Lipinski definition) is 4. The van der Waals surface area contributed by atoms with E-state index < -0.39 is 11.7 Å². The largest absolute Gasteiger partial charge is 0.490 e. The molecule has 0 saturated carbocycles. The molecule has 31 heavy (non-hydrogen) atoms. The number of amides is 1. The van der Waals surface area contributed by atoms with Gasteiger partial charge in [0.15, 0.2) is 0 Å². The number of halogens is 2. The summed E-state index contributed by atoms with van der Waals surface area (Å²) in [5, 5.41) is 3.85. The van der Waals surface area contributed by atoms with Crippen LogP contribution in [0.25, 0.3) is 11.0 Å². The lowest BCUT2D eigenvalue weighted by Crippen LogP contribution is -2.40. The number of hydrogen-bond donors (Lipinski definition) is 2. The van der Waals surface area contributed by atoms with Gasteiger partial charge in [0.2, 0.25) is 0 Å². The van der Waals surface area contributed by atoms with Gasteiger partial charge in [-0.15, -0.1) is 0 Å². The number of nitrogens with zero attached hydrogens (tertiary/aromatic N) is 2. The number of imidazole rings is 1. The summed E-state index contributed by atoms with van der Waals surface area (Å²) in [6.07, 6.45) is 2.82. The summed E-state index contributed by atoms with van der Waals surface area (Å²) in [5.41, 5.74) is 0.797. The van der Waals surface area contributed by atoms with Crippen LogP contribution in [-0.4, -0.2) is 52.8 Å². The Morgan fingerprint density at radius 1 is 1.13 bits per heavy atom. The average Bonchev–Trinajstić information content (AvgIpc) is 3.10. The van der Waals surface area contributed by atoms with Crippen LogP contribution in [-0.2, 0) is 0 Å². The van der Waals surface area contributed by atoms with Gasteiger partial charge in [0, 0.05) is 25.7 Å². The summed E-state index contributed by atoms with van der Waals surface area (Å²) in [5.74, 6) is 0.739. The molecule has 2 heterocycles. The van der Waals surface area contributed by atoms with Crippen LogP contribution in [0.4, 0.5) is 4.79 Å². The van der Waals surface area contributed by atoms with E-state index >= 15 is 0 Å². The molecule has 0 atom stereocenters. The van der Waals surface area contributed by atoms with E-state index in [-0.39, 0.29) is 6.10 Å². The first-order chi connectivity index (χ1) is 15.0. The molecule has 1 saturated heterocycles. The number of para-hydroxylation sites is 2. The molecule has 1 aliphatic heterocycles. The number of carbonyl (C=O) groups excluding carboxylic acids is 1. The van der Waals surface area contributed by atoms with Crippen molar-refractivity contribution in [1.82, 2.24) is 19.8 Å². The lowest BCUT2D eigenvalue weighted by atomic mass is 10.1. The maximum Gasteiger partial charge on any atom is 0.334 e. The van der Waals surface area contributed by atoms with Crippen molar-refractivity contribution in [1.29, 1.82) is 0 Å². The predicted octanol–water partition coefficient (Wildman–Crippen LogP) is 4.13. The third-order valence-electron chi connectivity index (χ3n) is 5.45. The number of carbonyl (C=O) groups is 1. The van der Waals surface area contributed by atoms with Gasteiger partial charge in [-0.2, -0.15) is 0 Å². The fourth-order valence-electron chi connectivity index (χ4n) is 3.83. The van der Waals surface area contributed by atoms with Gasteiger partial charge in [-0.1, -0.05) is 35.3 Å². The van der Waals surface area contributed by atoms with Crippen LogP contribution in [0.2, 0.25) is 10.0 Å². The summed E-state index contributed by atoms with van der Waals surface area (Å²) in [6.45, 7) is 3.25. The molecule has 2 N–H and O–H groups in total. The van der Waals surface area contributed by atoms with Crippen molar-refractivity contribution in [3.8, 4) is 5.75 Å². The van der Waals surface area contributed by atoms with E-state index in [0.717, 1.165) is 49.2 Å². The molecule has 1 aliphatic rings. The van der Waals surface area contributed by atoms with Gasteiger partial charge in [-0.25, -0.2) is 14.2 Å². The number of nitrogens with one attached hydrogen (secondary N) is 2. The molecule has 9 heteroatoms.